The van der Waals surface area contributed by atoms with Crippen LogP contribution >= 0.6 is 0 Å². The summed E-state index contributed by atoms with van der Waals surface area (Å²) in [4.78, 5) is 11.8. The van der Waals surface area contributed by atoms with Gasteiger partial charge in [0.2, 0.25) is 0 Å². The van der Waals surface area contributed by atoms with Crippen LogP contribution in [0.2, 0.25) is 0 Å². The highest BCUT2D eigenvalue weighted by Gasteiger charge is 2.33. The van der Waals surface area contributed by atoms with Gasteiger partial charge in [0.15, 0.2) is 0 Å². The molecule has 0 radical (unpaired) electrons. The lowest BCUT2D eigenvalue weighted by atomic mass is 9.80. The molecule has 0 bridgehead atoms. The van der Waals surface area contributed by atoms with Crippen molar-refractivity contribution in [3.05, 3.63) is 29.3 Å². The van der Waals surface area contributed by atoms with E-state index < -0.39 is 0 Å². The second-order valence-electron chi connectivity index (χ2n) is 4.49. The highest BCUT2D eigenvalue weighted by molar-refractivity contribution is 5.74. The van der Waals surface area contributed by atoms with Crippen LogP contribution in [-0.4, -0.2) is 19.7 Å². The first-order valence-corrected chi connectivity index (χ1v) is 6.26. The summed E-state index contributed by atoms with van der Waals surface area (Å²) in [5.41, 5.74) is 8.37. The summed E-state index contributed by atoms with van der Waals surface area (Å²) in [6.07, 6.45) is 1.57. The minimum Gasteiger partial charge on any atom is -0.497 e. The van der Waals surface area contributed by atoms with Crippen LogP contribution in [0.1, 0.15) is 30.5 Å². The maximum absolute atomic E-state index is 11.8. The van der Waals surface area contributed by atoms with Gasteiger partial charge in [-0.3, -0.25) is 4.79 Å². The summed E-state index contributed by atoms with van der Waals surface area (Å²) >= 11 is 0. The largest absolute Gasteiger partial charge is 0.497 e. The number of carbonyl (C=O) groups is 1. The average molecular weight is 249 g/mol. The molecule has 4 heteroatoms. The van der Waals surface area contributed by atoms with Crippen molar-refractivity contribution in [1.29, 1.82) is 0 Å². The molecule has 0 unspecified atom stereocenters. The standard InChI is InChI=1S/C14H19NO3/c1-3-18-14(16)12-6-4-9-8-10(17-2)5-7-11(9)13(12)15/h5,7-8,12-13H,3-4,6,15H2,1-2H3/t12-,13+/m1/s1. The van der Waals surface area contributed by atoms with Gasteiger partial charge in [-0.05, 0) is 43.0 Å². The number of methoxy groups -OCH3 is 1. The van der Waals surface area contributed by atoms with Crippen molar-refractivity contribution in [2.24, 2.45) is 11.7 Å². The quantitative estimate of drug-likeness (QED) is 0.830. The van der Waals surface area contributed by atoms with Crippen molar-refractivity contribution in [2.45, 2.75) is 25.8 Å². The van der Waals surface area contributed by atoms with E-state index in [0.29, 0.717) is 6.61 Å². The van der Waals surface area contributed by atoms with Crippen LogP contribution in [0.25, 0.3) is 0 Å². The van der Waals surface area contributed by atoms with Crippen LogP contribution in [0.15, 0.2) is 18.2 Å². The molecule has 0 amide bonds. The Morgan fingerprint density at radius 1 is 1.50 bits per heavy atom. The maximum Gasteiger partial charge on any atom is 0.310 e. The molecule has 0 saturated heterocycles. The zero-order valence-corrected chi connectivity index (χ0v) is 10.8. The molecule has 0 aliphatic heterocycles. The van der Waals surface area contributed by atoms with Gasteiger partial charge in [0.05, 0.1) is 19.6 Å². The summed E-state index contributed by atoms with van der Waals surface area (Å²) in [5, 5.41) is 0. The van der Waals surface area contributed by atoms with Crippen LogP contribution in [0.5, 0.6) is 5.75 Å². The molecule has 1 aromatic carbocycles. The summed E-state index contributed by atoms with van der Waals surface area (Å²) in [6.45, 7) is 2.21. The Hall–Kier alpha value is -1.55. The van der Waals surface area contributed by atoms with E-state index >= 15 is 0 Å². The second-order valence-corrected chi connectivity index (χ2v) is 4.49. The molecule has 0 aromatic heterocycles. The summed E-state index contributed by atoms with van der Waals surface area (Å²) < 4.78 is 10.3. The highest BCUT2D eigenvalue weighted by atomic mass is 16.5. The van der Waals surface area contributed by atoms with Gasteiger partial charge in [0.1, 0.15) is 5.75 Å². The van der Waals surface area contributed by atoms with Gasteiger partial charge >= 0.3 is 5.97 Å². The first-order valence-electron chi connectivity index (χ1n) is 6.26. The average Bonchev–Trinajstić information content (AvgIpc) is 2.38. The molecule has 2 rings (SSSR count). The Morgan fingerprint density at radius 2 is 2.28 bits per heavy atom. The Bertz CT molecular complexity index is 445. The third-order valence-electron chi connectivity index (χ3n) is 3.46. The fourth-order valence-electron chi connectivity index (χ4n) is 2.47. The molecule has 18 heavy (non-hydrogen) atoms. The van der Waals surface area contributed by atoms with E-state index in [-0.39, 0.29) is 17.9 Å². The van der Waals surface area contributed by atoms with E-state index in [1.54, 1.807) is 7.11 Å². The molecule has 0 fully saturated rings. The summed E-state index contributed by atoms with van der Waals surface area (Å²) in [5.74, 6) is 0.410. The first kappa shape index (κ1) is 12.9. The van der Waals surface area contributed by atoms with E-state index in [2.05, 4.69) is 0 Å². The summed E-state index contributed by atoms with van der Waals surface area (Å²) in [6, 6.07) is 5.55. The van der Waals surface area contributed by atoms with E-state index in [0.717, 1.165) is 24.2 Å². The SMILES string of the molecule is CCOC(=O)[C@@H]1CCc2cc(OC)ccc2[C@@H]1N. The molecular formula is C14H19NO3. The van der Waals surface area contributed by atoms with Gasteiger partial charge in [-0.15, -0.1) is 0 Å². The zero-order chi connectivity index (χ0) is 13.1. The second kappa shape index (κ2) is 5.40. The van der Waals surface area contributed by atoms with Gasteiger partial charge in [0, 0.05) is 6.04 Å². The van der Waals surface area contributed by atoms with Crippen LogP contribution in [0, 0.1) is 5.92 Å². The van der Waals surface area contributed by atoms with Crippen molar-refractivity contribution >= 4 is 5.97 Å². The smallest absolute Gasteiger partial charge is 0.310 e. The molecule has 1 aliphatic carbocycles. The predicted octanol–water partition coefficient (Wildman–Crippen LogP) is 1.82. The number of benzene rings is 1. The Labute approximate surface area is 107 Å². The molecule has 1 aliphatic rings. The number of hydrogen-bond donors (Lipinski definition) is 1. The Balaban J connectivity index is 2.23. The number of nitrogens with two attached hydrogens (primary N) is 1. The highest BCUT2D eigenvalue weighted by Crippen LogP contribution is 2.35. The van der Waals surface area contributed by atoms with Crippen molar-refractivity contribution in [3.63, 3.8) is 0 Å². The topological polar surface area (TPSA) is 61.5 Å². The number of hydrogen-bond acceptors (Lipinski definition) is 4. The molecule has 98 valence electrons. The third kappa shape index (κ3) is 2.34. The fraction of sp³-hybridized carbons (Fsp3) is 0.500. The molecular weight excluding hydrogens is 230 g/mol. The van der Waals surface area contributed by atoms with E-state index in [9.17, 15) is 4.79 Å². The van der Waals surface area contributed by atoms with E-state index in [4.69, 9.17) is 15.2 Å². The summed E-state index contributed by atoms with van der Waals surface area (Å²) in [7, 11) is 1.64. The first-order chi connectivity index (χ1) is 8.67. The van der Waals surface area contributed by atoms with E-state index in [1.165, 1.54) is 5.56 Å². The number of carbonyl (C=O) groups excluding carboxylic acids is 1. The van der Waals surface area contributed by atoms with Gasteiger partial charge in [-0.2, -0.15) is 0 Å². The van der Waals surface area contributed by atoms with Crippen molar-refractivity contribution in [3.8, 4) is 5.75 Å². The van der Waals surface area contributed by atoms with E-state index in [1.807, 2.05) is 25.1 Å². The Kier molecular flexibility index (Phi) is 3.87. The lowest BCUT2D eigenvalue weighted by Crippen LogP contribution is -2.34. The minimum atomic E-state index is -0.279. The van der Waals surface area contributed by atoms with Gasteiger partial charge in [-0.25, -0.2) is 0 Å². The van der Waals surface area contributed by atoms with Crippen molar-refractivity contribution in [2.75, 3.05) is 13.7 Å². The number of esters is 1. The van der Waals surface area contributed by atoms with Crippen LogP contribution in [0.4, 0.5) is 0 Å². The Morgan fingerprint density at radius 3 is 2.94 bits per heavy atom. The minimum absolute atomic E-state index is 0.188. The van der Waals surface area contributed by atoms with Crippen LogP contribution < -0.4 is 10.5 Å². The van der Waals surface area contributed by atoms with Crippen molar-refractivity contribution in [1.82, 2.24) is 0 Å². The third-order valence-corrected chi connectivity index (χ3v) is 3.46. The monoisotopic (exact) mass is 249 g/mol. The molecule has 1 aromatic rings. The zero-order valence-electron chi connectivity index (χ0n) is 10.8. The lowest BCUT2D eigenvalue weighted by Gasteiger charge is -2.29. The molecule has 2 N–H and O–H groups in total. The number of rotatable bonds is 3. The lowest BCUT2D eigenvalue weighted by molar-refractivity contribution is -0.149. The van der Waals surface area contributed by atoms with Crippen molar-refractivity contribution < 1.29 is 14.3 Å². The molecule has 0 spiro atoms. The van der Waals surface area contributed by atoms with Crippen LogP contribution in [-0.2, 0) is 16.0 Å². The number of ether oxygens (including phenoxy) is 2. The molecule has 4 nitrogen and oxygen atoms in total. The molecule has 0 heterocycles. The van der Waals surface area contributed by atoms with Gasteiger partial charge in [-0.1, -0.05) is 6.07 Å². The fourth-order valence-corrected chi connectivity index (χ4v) is 2.47. The number of aryl methyl sites for hydroxylation is 1. The van der Waals surface area contributed by atoms with Gasteiger partial charge in [0.25, 0.3) is 0 Å². The number of fused-ring (bicyclic) bond motifs is 1. The molecule has 2 atom stereocenters. The van der Waals surface area contributed by atoms with Crippen LogP contribution in [0.3, 0.4) is 0 Å². The maximum atomic E-state index is 11.8. The molecule has 0 saturated carbocycles. The van der Waals surface area contributed by atoms with Gasteiger partial charge < -0.3 is 15.2 Å². The normalized spacial score (nSPS) is 22.2. The predicted molar refractivity (Wildman–Crippen MR) is 68.4 cm³/mol.